The van der Waals surface area contributed by atoms with E-state index in [9.17, 15) is 13.2 Å². The molecule has 25 heavy (non-hydrogen) atoms. The van der Waals surface area contributed by atoms with Gasteiger partial charge in [-0.05, 0) is 49.6 Å². The van der Waals surface area contributed by atoms with Crippen molar-refractivity contribution in [3.05, 3.63) is 48.3 Å². The molecule has 0 unspecified atom stereocenters. The van der Waals surface area contributed by atoms with Gasteiger partial charge < -0.3 is 5.11 Å². The summed E-state index contributed by atoms with van der Waals surface area (Å²) in [6, 6.07) is 7.19. The van der Waals surface area contributed by atoms with E-state index in [1.165, 1.54) is 24.3 Å². The summed E-state index contributed by atoms with van der Waals surface area (Å²) < 4.78 is 29.4. The molecular weight excluding hydrogens is 342 g/mol. The number of nitrogens with zero attached hydrogens (tertiary/aromatic N) is 3. The Kier molecular flexibility index (Phi) is 5.19. The fraction of sp³-hybridized carbons (Fsp3) is 0.412. The lowest BCUT2D eigenvalue weighted by Gasteiger charge is -2.34. The number of sulfonamides is 1. The van der Waals surface area contributed by atoms with Crippen molar-refractivity contribution in [3.8, 4) is 0 Å². The topological polar surface area (TPSA) is 92.5 Å². The molecule has 3 rings (SSSR count). The summed E-state index contributed by atoms with van der Waals surface area (Å²) in [6.45, 7) is 1.16. The molecule has 1 aliphatic heterocycles. The Morgan fingerprint density at radius 1 is 1.24 bits per heavy atom. The van der Waals surface area contributed by atoms with Crippen LogP contribution in [-0.2, 0) is 16.6 Å². The molecule has 1 atom stereocenters. The molecule has 1 aromatic carbocycles. The highest BCUT2D eigenvalue weighted by atomic mass is 32.2. The molecular formula is C17H21N3O4S. The van der Waals surface area contributed by atoms with E-state index in [1.807, 2.05) is 12.3 Å². The van der Waals surface area contributed by atoms with Crippen LogP contribution in [0, 0.1) is 0 Å². The van der Waals surface area contributed by atoms with Crippen LogP contribution in [-0.4, -0.2) is 46.2 Å². The normalized spacial score (nSPS) is 19.0. The Balaban J connectivity index is 1.78. The second kappa shape index (κ2) is 7.37. The molecule has 2 heterocycles. The summed E-state index contributed by atoms with van der Waals surface area (Å²) in [5.74, 6) is -1.07. The van der Waals surface area contributed by atoms with Crippen LogP contribution in [0.5, 0.6) is 0 Å². The van der Waals surface area contributed by atoms with Crippen molar-refractivity contribution < 1.29 is 18.3 Å². The van der Waals surface area contributed by atoms with E-state index < -0.39 is 16.0 Å². The maximum atomic E-state index is 13.0. The fourth-order valence-corrected chi connectivity index (χ4v) is 4.92. The number of hydrogen-bond donors (Lipinski definition) is 1. The maximum Gasteiger partial charge on any atom is 0.335 e. The Bertz CT molecular complexity index is 816. The highest BCUT2D eigenvalue weighted by Gasteiger charge is 2.33. The van der Waals surface area contributed by atoms with Gasteiger partial charge in [-0.1, -0.05) is 6.42 Å². The number of benzene rings is 1. The van der Waals surface area contributed by atoms with E-state index in [1.54, 1.807) is 15.2 Å². The maximum absolute atomic E-state index is 13.0. The monoisotopic (exact) mass is 363 g/mol. The summed E-state index contributed by atoms with van der Waals surface area (Å²) in [5, 5.41) is 13.1. The van der Waals surface area contributed by atoms with Gasteiger partial charge in [-0.2, -0.15) is 9.40 Å². The minimum Gasteiger partial charge on any atom is -0.478 e. The minimum absolute atomic E-state index is 0.0675. The third-order valence-corrected chi connectivity index (χ3v) is 6.50. The first kappa shape index (κ1) is 17.6. The summed E-state index contributed by atoms with van der Waals surface area (Å²) in [7, 11) is -3.63. The summed E-state index contributed by atoms with van der Waals surface area (Å²) >= 11 is 0. The minimum atomic E-state index is -3.63. The van der Waals surface area contributed by atoms with Crippen LogP contribution in [0.1, 0.15) is 36.0 Å². The molecule has 1 aliphatic rings. The van der Waals surface area contributed by atoms with Crippen molar-refractivity contribution in [1.82, 2.24) is 14.1 Å². The van der Waals surface area contributed by atoms with Crippen molar-refractivity contribution in [2.24, 2.45) is 0 Å². The van der Waals surface area contributed by atoms with Gasteiger partial charge in [-0.15, -0.1) is 0 Å². The highest BCUT2D eigenvalue weighted by molar-refractivity contribution is 7.89. The van der Waals surface area contributed by atoms with Gasteiger partial charge in [-0.3, -0.25) is 4.68 Å². The van der Waals surface area contributed by atoms with Gasteiger partial charge in [0, 0.05) is 31.5 Å². The number of carboxylic acid groups (broad SMARTS) is 1. The quantitative estimate of drug-likeness (QED) is 0.849. The molecule has 1 N–H and O–H groups in total. The summed E-state index contributed by atoms with van der Waals surface area (Å²) in [6.07, 6.45) is 6.95. The van der Waals surface area contributed by atoms with E-state index in [2.05, 4.69) is 5.10 Å². The van der Waals surface area contributed by atoms with Gasteiger partial charge in [0.05, 0.1) is 10.5 Å². The molecule has 0 amide bonds. The number of hydrogen-bond acceptors (Lipinski definition) is 4. The average Bonchev–Trinajstić information content (AvgIpc) is 3.14. The average molecular weight is 363 g/mol. The van der Waals surface area contributed by atoms with Crippen molar-refractivity contribution in [3.63, 3.8) is 0 Å². The van der Waals surface area contributed by atoms with E-state index >= 15 is 0 Å². The molecule has 1 fully saturated rings. The van der Waals surface area contributed by atoms with Gasteiger partial charge in [0.15, 0.2) is 0 Å². The molecule has 0 spiro atoms. The lowest BCUT2D eigenvalue weighted by Crippen LogP contribution is -2.44. The standard InChI is InChI=1S/C17H21N3O4S/c21-17(22)14-5-7-16(8-6-14)25(23,24)20-12-2-1-4-15(20)9-13-19-11-3-10-18-19/h3,5-8,10-11,15H,1-2,4,9,12-13H2,(H,21,22)/t15-/m0/s1. The van der Waals surface area contributed by atoms with E-state index in [4.69, 9.17) is 5.11 Å². The zero-order valence-electron chi connectivity index (χ0n) is 13.8. The summed E-state index contributed by atoms with van der Waals surface area (Å²) in [5.41, 5.74) is 0.0767. The molecule has 0 radical (unpaired) electrons. The molecule has 1 aromatic heterocycles. The van der Waals surface area contributed by atoms with Gasteiger partial charge in [0.25, 0.3) is 0 Å². The van der Waals surface area contributed by atoms with Gasteiger partial charge in [-0.25, -0.2) is 13.2 Å². The summed E-state index contributed by atoms with van der Waals surface area (Å²) in [4.78, 5) is 11.1. The second-order valence-corrected chi connectivity index (χ2v) is 8.04. The largest absolute Gasteiger partial charge is 0.478 e. The van der Waals surface area contributed by atoms with Crippen molar-refractivity contribution >= 4 is 16.0 Å². The molecule has 0 bridgehead atoms. The van der Waals surface area contributed by atoms with E-state index in [-0.39, 0.29) is 16.5 Å². The zero-order chi connectivity index (χ0) is 17.9. The smallest absolute Gasteiger partial charge is 0.335 e. The first-order valence-corrected chi connectivity index (χ1v) is 9.75. The van der Waals surface area contributed by atoms with Gasteiger partial charge >= 0.3 is 5.97 Å². The Labute approximate surface area is 146 Å². The van der Waals surface area contributed by atoms with E-state index in [0.717, 1.165) is 19.3 Å². The Hall–Kier alpha value is -2.19. The highest BCUT2D eigenvalue weighted by Crippen LogP contribution is 2.27. The number of aryl methyl sites for hydroxylation is 1. The lowest BCUT2D eigenvalue weighted by molar-refractivity contribution is 0.0696. The molecule has 2 aromatic rings. The number of piperidine rings is 1. The molecule has 134 valence electrons. The van der Waals surface area contributed by atoms with Gasteiger partial charge in [0.1, 0.15) is 0 Å². The fourth-order valence-electron chi connectivity index (χ4n) is 3.20. The van der Waals surface area contributed by atoms with Crippen LogP contribution in [0.3, 0.4) is 0 Å². The number of aromatic carboxylic acids is 1. The first-order chi connectivity index (χ1) is 12.0. The molecule has 8 heteroatoms. The third-order valence-electron chi connectivity index (χ3n) is 4.53. The van der Waals surface area contributed by atoms with Crippen LogP contribution < -0.4 is 0 Å². The predicted octanol–water partition coefficient (Wildman–Crippen LogP) is 2.21. The van der Waals surface area contributed by atoms with Crippen LogP contribution >= 0.6 is 0 Å². The second-order valence-electron chi connectivity index (χ2n) is 6.15. The van der Waals surface area contributed by atoms with Crippen molar-refractivity contribution in [2.45, 2.75) is 43.2 Å². The third kappa shape index (κ3) is 3.91. The number of carbonyl (C=O) groups is 1. The predicted molar refractivity (Wildman–Crippen MR) is 91.8 cm³/mol. The zero-order valence-corrected chi connectivity index (χ0v) is 14.6. The Morgan fingerprint density at radius 2 is 2.00 bits per heavy atom. The van der Waals surface area contributed by atoms with Gasteiger partial charge in [0.2, 0.25) is 10.0 Å². The van der Waals surface area contributed by atoms with Crippen LogP contribution in [0.2, 0.25) is 0 Å². The SMILES string of the molecule is O=C(O)c1ccc(S(=O)(=O)N2CCCC[C@H]2CCn2cccn2)cc1. The molecule has 1 saturated heterocycles. The van der Waals surface area contributed by atoms with Crippen molar-refractivity contribution in [2.75, 3.05) is 6.54 Å². The lowest BCUT2D eigenvalue weighted by atomic mass is 10.0. The van der Waals surface area contributed by atoms with Crippen molar-refractivity contribution in [1.29, 1.82) is 0 Å². The number of rotatable bonds is 6. The Morgan fingerprint density at radius 3 is 2.64 bits per heavy atom. The van der Waals surface area contributed by atoms with Crippen LogP contribution in [0.25, 0.3) is 0 Å². The number of aromatic nitrogens is 2. The molecule has 7 nitrogen and oxygen atoms in total. The molecule has 0 aliphatic carbocycles. The van der Waals surface area contributed by atoms with E-state index in [0.29, 0.717) is 19.5 Å². The first-order valence-electron chi connectivity index (χ1n) is 8.31. The van der Waals surface area contributed by atoms with Crippen LogP contribution in [0.4, 0.5) is 0 Å². The van der Waals surface area contributed by atoms with Crippen LogP contribution in [0.15, 0.2) is 47.6 Å². The molecule has 0 saturated carbocycles. The number of carboxylic acids is 1.